The summed E-state index contributed by atoms with van der Waals surface area (Å²) in [6, 6.07) is 0. The Balaban J connectivity index is 5.12. The van der Waals surface area contributed by atoms with Crippen molar-refractivity contribution in [1.29, 1.82) is 0 Å². The summed E-state index contributed by atoms with van der Waals surface area (Å²) in [5.74, 6) is -3.80. The first-order valence-corrected chi connectivity index (χ1v) is 15.1. The molecule has 0 aliphatic heterocycles. The van der Waals surface area contributed by atoms with Crippen molar-refractivity contribution >= 4 is 7.28 Å². The summed E-state index contributed by atoms with van der Waals surface area (Å²) in [4.78, 5) is 31.9. The van der Waals surface area contributed by atoms with Crippen LogP contribution in [0.3, 0.4) is 0 Å². The van der Waals surface area contributed by atoms with E-state index in [0.29, 0.717) is 24.7 Å². The number of hydrogen-bond donors (Lipinski definition) is 3. The maximum atomic E-state index is 14.2. The van der Waals surface area contributed by atoms with E-state index >= 15 is 0 Å². The van der Waals surface area contributed by atoms with Gasteiger partial charge in [-0.2, -0.15) is 0 Å². The first-order chi connectivity index (χ1) is 15.4. The van der Waals surface area contributed by atoms with E-state index in [1.54, 1.807) is 0 Å². The van der Waals surface area contributed by atoms with Gasteiger partial charge in [-0.25, -0.2) is 0 Å². The van der Waals surface area contributed by atoms with E-state index in [0.717, 1.165) is 44.9 Å². The molecule has 0 bridgehead atoms. The topological polar surface area (TPSA) is 60.7 Å². The van der Waals surface area contributed by atoms with E-state index in [9.17, 15) is 41.0 Å². The molecule has 0 saturated carbocycles. The molecule has 0 rings (SSSR count). The van der Waals surface area contributed by atoms with Crippen molar-refractivity contribution in [2.75, 3.05) is 6.16 Å². The fraction of sp³-hybridized carbons (Fsp3) is 1.00. The number of unbranched alkanes of at least 4 members (excludes halogenated alkanes) is 7. The Morgan fingerprint density at radius 1 is 0.618 bits per heavy atom. The summed E-state index contributed by atoms with van der Waals surface area (Å²) in [7, 11) is -5.72. The van der Waals surface area contributed by atoms with Crippen molar-refractivity contribution in [2.24, 2.45) is 11.8 Å². The van der Waals surface area contributed by atoms with E-state index < -0.39 is 43.8 Å². The Hall–Kier alpha value is -0.110. The van der Waals surface area contributed by atoms with Crippen LogP contribution in [0.5, 0.6) is 0 Å². The van der Waals surface area contributed by atoms with E-state index in [4.69, 9.17) is 0 Å². The summed E-state index contributed by atoms with van der Waals surface area (Å²) in [5.41, 5.74) is -1.90. The van der Waals surface area contributed by atoms with Crippen LogP contribution >= 0.6 is 7.28 Å². The Morgan fingerprint density at radius 3 is 1.41 bits per heavy atom. The van der Waals surface area contributed by atoms with Crippen LogP contribution in [-0.4, -0.2) is 44.8 Å². The summed E-state index contributed by atoms with van der Waals surface area (Å²) in [6.07, 6.45) is -5.03. The molecule has 3 nitrogen and oxygen atoms in total. The number of alkyl halides is 6. The van der Waals surface area contributed by atoms with Gasteiger partial charge in [-0.3, -0.25) is 0 Å². The van der Waals surface area contributed by atoms with Crippen LogP contribution in [0, 0.1) is 11.8 Å². The van der Waals surface area contributed by atoms with Crippen LogP contribution in [0.1, 0.15) is 111 Å². The van der Waals surface area contributed by atoms with Crippen molar-refractivity contribution in [3.63, 3.8) is 0 Å². The van der Waals surface area contributed by atoms with Gasteiger partial charge in [0.05, 0.1) is 0 Å². The Kier molecular flexibility index (Phi) is 14.5. The summed E-state index contributed by atoms with van der Waals surface area (Å²) in [6.45, 7) is 8.33. The Labute approximate surface area is 201 Å². The van der Waals surface area contributed by atoms with Gasteiger partial charge in [-0.05, 0) is 0 Å². The van der Waals surface area contributed by atoms with Crippen LogP contribution in [0.2, 0.25) is 0 Å². The van der Waals surface area contributed by atoms with E-state index in [2.05, 4.69) is 27.7 Å². The second-order valence-corrected chi connectivity index (χ2v) is 14.4. The second-order valence-electron chi connectivity index (χ2n) is 10.8. The molecule has 0 heterocycles. The van der Waals surface area contributed by atoms with Crippen LogP contribution in [0.4, 0.5) is 26.3 Å². The molecule has 0 saturated heterocycles. The SMILES string of the molecule is CC(C)CCCCCCCP(O)(O)(O)C(CCCCCCC(C)C)CC(F)(F)C(F)C(F)(F)F. The summed E-state index contributed by atoms with van der Waals surface area (Å²) in [5, 5.41) is 0. The summed E-state index contributed by atoms with van der Waals surface area (Å²) < 4.78 is 79.7. The third kappa shape index (κ3) is 14.4. The monoisotopic (exact) mass is 528 g/mol. The van der Waals surface area contributed by atoms with Crippen molar-refractivity contribution in [2.45, 2.75) is 135 Å². The van der Waals surface area contributed by atoms with Crippen molar-refractivity contribution < 1.29 is 41.0 Å². The molecule has 0 aliphatic carbocycles. The average molecular weight is 529 g/mol. The zero-order valence-corrected chi connectivity index (χ0v) is 22.2. The van der Waals surface area contributed by atoms with Gasteiger partial charge in [0.15, 0.2) is 0 Å². The first-order valence-electron chi connectivity index (χ1n) is 12.7. The van der Waals surface area contributed by atoms with Crippen LogP contribution in [0.25, 0.3) is 0 Å². The number of rotatable bonds is 19. The minimum atomic E-state index is -5.78. The molecule has 0 aromatic heterocycles. The first kappa shape index (κ1) is 33.9. The zero-order chi connectivity index (χ0) is 26.7. The van der Waals surface area contributed by atoms with Gasteiger partial charge >= 0.3 is 201 Å². The molecule has 0 aromatic carbocycles. The molecule has 34 heavy (non-hydrogen) atoms. The van der Waals surface area contributed by atoms with Gasteiger partial charge in [0, 0.05) is 0 Å². The molecule has 0 aliphatic rings. The van der Waals surface area contributed by atoms with Gasteiger partial charge < -0.3 is 0 Å². The number of hydrogen-bond acceptors (Lipinski definition) is 3. The molecule has 208 valence electrons. The molecule has 0 fully saturated rings. The molecule has 2 unspecified atom stereocenters. The standard InChI is InChI=1S/C24H47F6O3P/c1-19(2)14-10-6-5-9-13-17-34(31,32,33)21(16-12-8-7-11-15-20(3)4)18-23(26,27)22(25)24(28,29)30/h19-22,31-33H,5-18H2,1-4H3. The fourth-order valence-corrected chi connectivity index (χ4v) is 6.70. The molecule has 0 amide bonds. The summed E-state index contributed by atoms with van der Waals surface area (Å²) >= 11 is 0. The fourth-order valence-electron chi connectivity index (χ4n) is 4.18. The van der Waals surface area contributed by atoms with Crippen LogP contribution in [0.15, 0.2) is 0 Å². The van der Waals surface area contributed by atoms with E-state index in [1.165, 1.54) is 0 Å². The molecule has 0 radical (unpaired) electrons. The van der Waals surface area contributed by atoms with Crippen molar-refractivity contribution in [3.05, 3.63) is 0 Å². The third-order valence-corrected chi connectivity index (χ3v) is 9.46. The predicted molar refractivity (Wildman–Crippen MR) is 128 cm³/mol. The van der Waals surface area contributed by atoms with Gasteiger partial charge in [0.2, 0.25) is 0 Å². The predicted octanol–water partition coefficient (Wildman–Crippen LogP) is 8.55. The van der Waals surface area contributed by atoms with Gasteiger partial charge in [0.25, 0.3) is 0 Å². The van der Waals surface area contributed by atoms with Gasteiger partial charge in [0.1, 0.15) is 0 Å². The van der Waals surface area contributed by atoms with Gasteiger partial charge in [-0.15, -0.1) is 0 Å². The molecule has 10 heteroatoms. The molecule has 3 N–H and O–H groups in total. The molecule has 0 aromatic rings. The van der Waals surface area contributed by atoms with Crippen molar-refractivity contribution in [1.82, 2.24) is 0 Å². The normalized spacial score (nSPS) is 16.6. The van der Waals surface area contributed by atoms with E-state index in [-0.39, 0.29) is 19.3 Å². The minimum absolute atomic E-state index is 0.151. The van der Waals surface area contributed by atoms with Crippen LogP contribution < -0.4 is 0 Å². The van der Waals surface area contributed by atoms with Gasteiger partial charge in [-0.1, -0.05) is 0 Å². The van der Waals surface area contributed by atoms with Crippen molar-refractivity contribution in [3.8, 4) is 0 Å². The Morgan fingerprint density at radius 2 is 1.00 bits per heavy atom. The Bertz CT molecular complexity index is 547. The average Bonchev–Trinajstić information content (AvgIpc) is 2.66. The molecule has 2 atom stereocenters. The number of halogens is 6. The van der Waals surface area contributed by atoms with Crippen LogP contribution in [-0.2, 0) is 0 Å². The molecular weight excluding hydrogens is 481 g/mol. The second kappa shape index (κ2) is 14.6. The van der Waals surface area contributed by atoms with E-state index in [1.807, 2.05) is 0 Å². The maximum absolute atomic E-state index is 14.2. The zero-order valence-electron chi connectivity index (χ0n) is 21.3. The molecule has 0 spiro atoms. The molecular formula is C24H47F6O3P. The quantitative estimate of drug-likeness (QED) is 0.0894. The third-order valence-electron chi connectivity index (χ3n) is 6.35.